The minimum Gasteiger partial charge on any atom is -0.447 e. The quantitative estimate of drug-likeness (QED) is 0.905. The van der Waals surface area contributed by atoms with Crippen LogP contribution in [-0.4, -0.2) is 5.11 Å². The minimum atomic E-state index is -0.703. The first-order valence-corrected chi connectivity index (χ1v) is 5.58. The molecule has 2 rings (SSSR count). The summed E-state index contributed by atoms with van der Waals surface area (Å²) < 4.78 is 5.13. The van der Waals surface area contributed by atoms with Gasteiger partial charge >= 0.3 is 0 Å². The van der Waals surface area contributed by atoms with E-state index in [1.165, 1.54) is 0 Å². The Hall–Kier alpha value is -0.960. The van der Waals surface area contributed by atoms with Gasteiger partial charge in [0.1, 0.15) is 11.9 Å². The molecule has 0 radical (unpaired) electrons. The van der Waals surface area contributed by atoms with Crippen molar-refractivity contribution < 1.29 is 9.52 Å². The van der Waals surface area contributed by atoms with Gasteiger partial charge < -0.3 is 9.52 Å². The Morgan fingerprint density at radius 3 is 2.62 bits per heavy atom. The molecule has 0 aliphatic carbocycles. The van der Waals surface area contributed by atoms with Crippen molar-refractivity contribution in [2.45, 2.75) is 12.5 Å². The zero-order valence-corrected chi connectivity index (χ0v) is 9.87. The van der Waals surface area contributed by atoms with Gasteiger partial charge in [0.25, 0.3) is 0 Å². The summed E-state index contributed by atoms with van der Waals surface area (Å²) in [6.45, 7) is 0. The zero-order valence-electron chi connectivity index (χ0n) is 8.36. The fourth-order valence-corrected chi connectivity index (χ4v) is 1.86. The third kappa shape index (κ3) is 2.79. The third-order valence-corrected chi connectivity index (χ3v) is 2.68. The predicted octanol–water partition coefficient (Wildman–Crippen LogP) is 3.86. The monoisotopic (exact) mass is 256 g/mol. The Morgan fingerprint density at radius 1 is 1.19 bits per heavy atom. The second kappa shape index (κ2) is 4.91. The van der Waals surface area contributed by atoms with E-state index in [2.05, 4.69) is 0 Å². The summed E-state index contributed by atoms with van der Waals surface area (Å²) >= 11 is 11.5. The lowest BCUT2D eigenvalue weighted by Crippen LogP contribution is -2.00. The SMILES string of the molecule is OC(Cc1cccc(Cl)c1)c1ccc(Cl)o1. The molecular formula is C12H10Cl2O2. The third-order valence-electron chi connectivity index (χ3n) is 2.24. The average Bonchev–Trinajstić information content (AvgIpc) is 2.65. The molecule has 1 aromatic carbocycles. The van der Waals surface area contributed by atoms with Crippen LogP contribution in [-0.2, 0) is 6.42 Å². The summed E-state index contributed by atoms with van der Waals surface area (Å²) in [6, 6.07) is 10.6. The summed E-state index contributed by atoms with van der Waals surface area (Å²) in [6.07, 6.45) is -0.254. The summed E-state index contributed by atoms with van der Waals surface area (Å²) in [7, 11) is 0. The van der Waals surface area contributed by atoms with Crippen LogP contribution in [0.1, 0.15) is 17.4 Å². The normalized spacial score (nSPS) is 12.7. The van der Waals surface area contributed by atoms with E-state index in [0.717, 1.165) is 5.56 Å². The molecule has 16 heavy (non-hydrogen) atoms. The maximum Gasteiger partial charge on any atom is 0.193 e. The molecule has 2 nitrogen and oxygen atoms in total. The van der Waals surface area contributed by atoms with Gasteiger partial charge in [0.15, 0.2) is 5.22 Å². The van der Waals surface area contributed by atoms with E-state index in [1.54, 1.807) is 18.2 Å². The Kier molecular flexibility index (Phi) is 3.54. The molecule has 1 unspecified atom stereocenters. The number of rotatable bonds is 3. The number of hydrogen-bond donors (Lipinski definition) is 1. The highest BCUT2D eigenvalue weighted by molar-refractivity contribution is 6.30. The van der Waals surface area contributed by atoms with Crippen molar-refractivity contribution in [3.8, 4) is 0 Å². The van der Waals surface area contributed by atoms with Gasteiger partial charge in [0, 0.05) is 11.4 Å². The van der Waals surface area contributed by atoms with E-state index >= 15 is 0 Å². The van der Waals surface area contributed by atoms with Crippen molar-refractivity contribution in [1.29, 1.82) is 0 Å². The van der Waals surface area contributed by atoms with Gasteiger partial charge in [0.05, 0.1) is 0 Å². The lowest BCUT2D eigenvalue weighted by Gasteiger charge is -2.07. The summed E-state index contributed by atoms with van der Waals surface area (Å²) in [5.74, 6) is 0.463. The molecule has 84 valence electrons. The van der Waals surface area contributed by atoms with Gasteiger partial charge in [0.2, 0.25) is 0 Å². The van der Waals surface area contributed by atoms with Crippen LogP contribution in [0.4, 0.5) is 0 Å². The number of halogens is 2. The van der Waals surface area contributed by atoms with Crippen LogP contribution < -0.4 is 0 Å². The maximum absolute atomic E-state index is 9.88. The average molecular weight is 257 g/mol. The van der Waals surface area contributed by atoms with E-state index in [9.17, 15) is 5.11 Å². The van der Waals surface area contributed by atoms with E-state index in [-0.39, 0.29) is 5.22 Å². The van der Waals surface area contributed by atoms with Crippen molar-refractivity contribution >= 4 is 23.2 Å². The summed E-state index contributed by atoms with van der Waals surface area (Å²) in [4.78, 5) is 0. The van der Waals surface area contributed by atoms with E-state index in [1.807, 2.05) is 18.2 Å². The smallest absolute Gasteiger partial charge is 0.193 e. The lowest BCUT2D eigenvalue weighted by molar-refractivity contribution is 0.150. The molecule has 0 fully saturated rings. The molecule has 0 spiro atoms. The first-order chi connectivity index (χ1) is 7.65. The molecule has 0 saturated heterocycles. The summed E-state index contributed by atoms with van der Waals surface area (Å²) in [5.41, 5.74) is 0.951. The largest absolute Gasteiger partial charge is 0.447 e. The molecule has 0 aliphatic heterocycles. The molecule has 0 bridgehead atoms. The fraction of sp³-hybridized carbons (Fsp3) is 0.167. The van der Waals surface area contributed by atoms with E-state index in [4.69, 9.17) is 27.6 Å². The molecule has 4 heteroatoms. The van der Waals surface area contributed by atoms with Crippen LogP contribution in [0.5, 0.6) is 0 Å². The van der Waals surface area contributed by atoms with Crippen LogP contribution in [0.25, 0.3) is 0 Å². The molecule has 2 aromatic rings. The number of aliphatic hydroxyl groups is 1. The van der Waals surface area contributed by atoms with Gasteiger partial charge in [-0.1, -0.05) is 23.7 Å². The lowest BCUT2D eigenvalue weighted by atomic mass is 10.1. The van der Waals surface area contributed by atoms with E-state index in [0.29, 0.717) is 17.2 Å². The second-order valence-electron chi connectivity index (χ2n) is 3.49. The second-order valence-corrected chi connectivity index (χ2v) is 4.30. The van der Waals surface area contributed by atoms with Gasteiger partial charge in [-0.25, -0.2) is 0 Å². The van der Waals surface area contributed by atoms with Gasteiger partial charge in [-0.3, -0.25) is 0 Å². The highest BCUT2D eigenvalue weighted by Gasteiger charge is 2.12. The molecule has 1 N–H and O–H groups in total. The zero-order chi connectivity index (χ0) is 11.5. The minimum absolute atomic E-state index is 0.278. The fourth-order valence-electron chi connectivity index (χ4n) is 1.50. The molecule has 0 amide bonds. The Balaban J connectivity index is 2.10. The highest BCUT2D eigenvalue weighted by atomic mass is 35.5. The molecular weight excluding hydrogens is 247 g/mol. The maximum atomic E-state index is 9.88. The van der Waals surface area contributed by atoms with Crippen LogP contribution in [0, 0.1) is 0 Å². The molecule has 1 atom stereocenters. The van der Waals surface area contributed by atoms with Crippen LogP contribution in [0.3, 0.4) is 0 Å². The number of furan rings is 1. The van der Waals surface area contributed by atoms with Crippen molar-refractivity contribution in [3.63, 3.8) is 0 Å². The number of aliphatic hydroxyl groups excluding tert-OH is 1. The van der Waals surface area contributed by atoms with Crippen molar-refractivity contribution in [2.24, 2.45) is 0 Å². The van der Waals surface area contributed by atoms with Crippen molar-refractivity contribution in [3.05, 3.63) is 58.0 Å². The Morgan fingerprint density at radius 2 is 2.00 bits per heavy atom. The molecule has 1 heterocycles. The Bertz CT molecular complexity index is 479. The van der Waals surface area contributed by atoms with Gasteiger partial charge in [-0.15, -0.1) is 0 Å². The van der Waals surface area contributed by atoms with Crippen molar-refractivity contribution in [1.82, 2.24) is 0 Å². The molecule has 0 aliphatic rings. The molecule has 1 aromatic heterocycles. The first kappa shape index (κ1) is 11.5. The van der Waals surface area contributed by atoms with Crippen LogP contribution >= 0.6 is 23.2 Å². The highest BCUT2D eigenvalue weighted by Crippen LogP contribution is 2.23. The van der Waals surface area contributed by atoms with Crippen LogP contribution in [0.2, 0.25) is 10.2 Å². The first-order valence-electron chi connectivity index (χ1n) is 4.83. The summed E-state index contributed by atoms with van der Waals surface area (Å²) in [5, 5.41) is 10.8. The topological polar surface area (TPSA) is 33.4 Å². The van der Waals surface area contributed by atoms with Gasteiger partial charge in [-0.2, -0.15) is 0 Å². The van der Waals surface area contributed by atoms with E-state index < -0.39 is 6.10 Å². The van der Waals surface area contributed by atoms with Crippen molar-refractivity contribution in [2.75, 3.05) is 0 Å². The number of benzene rings is 1. The standard InChI is InChI=1S/C12H10Cl2O2/c13-9-3-1-2-8(6-9)7-10(15)11-4-5-12(14)16-11/h1-6,10,15H,7H2. The van der Waals surface area contributed by atoms with Crippen LogP contribution in [0.15, 0.2) is 40.8 Å². The molecule has 0 saturated carbocycles. The Labute approximate surface area is 103 Å². The van der Waals surface area contributed by atoms with Gasteiger partial charge in [-0.05, 0) is 41.4 Å². The predicted molar refractivity (Wildman–Crippen MR) is 63.8 cm³/mol. The number of hydrogen-bond acceptors (Lipinski definition) is 2.